The summed E-state index contributed by atoms with van der Waals surface area (Å²) in [4.78, 5) is 28.5. The molecule has 2 aromatic heterocycles. The molecular formula is C14H17N3O3S. The van der Waals surface area contributed by atoms with E-state index in [4.69, 9.17) is 0 Å². The molecule has 1 fully saturated rings. The average Bonchev–Trinajstić information content (AvgIpc) is 2.88. The molecule has 2 N–H and O–H groups in total. The molecule has 0 saturated heterocycles. The number of fused-ring (bicyclic) bond motifs is 1. The average molecular weight is 307 g/mol. The fourth-order valence-corrected chi connectivity index (χ4v) is 3.55. The van der Waals surface area contributed by atoms with Crippen molar-refractivity contribution in [3.05, 3.63) is 23.0 Å². The Morgan fingerprint density at radius 1 is 1.52 bits per heavy atom. The third-order valence-corrected chi connectivity index (χ3v) is 5.02. The molecule has 1 aliphatic rings. The summed E-state index contributed by atoms with van der Waals surface area (Å²) < 4.78 is 1.91. The Morgan fingerprint density at radius 2 is 2.29 bits per heavy atom. The van der Waals surface area contributed by atoms with Crippen molar-refractivity contribution < 1.29 is 14.7 Å². The van der Waals surface area contributed by atoms with Crippen LogP contribution in [0.15, 0.2) is 11.6 Å². The molecule has 6 nitrogen and oxygen atoms in total. The number of aromatic nitrogens is 2. The molecule has 0 aromatic carbocycles. The summed E-state index contributed by atoms with van der Waals surface area (Å²) in [5, 5.41) is 13.9. The van der Waals surface area contributed by atoms with Crippen LogP contribution in [-0.2, 0) is 16.0 Å². The fraction of sp³-hybridized carbons (Fsp3) is 0.500. The number of carboxylic acids is 1. The van der Waals surface area contributed by atoms with Crippen LogP contribution in [-0.4, -0.2) is 32.9 Å². The van der Waals surface area contributed by atoms with Crippen molar-refractivity contribution in [3.63, 3.8) is 0 Å². The minimum absolute atomic E-state index is 0.145. The number of imidazole rings is 1. The highest BCUT2D eigenvalue weighted by Crippen LogP contribution is 2.40. The van der Waals surface area contributed by atoms with Crippen molar-refractivity contribution in [2.45, 2.75) is 32.6 Å². The van der Waals surface area contributed by atoms with Crippen LogP contribution in [0.4, 0.5) is 0 Å². The number of amides is 1. The SMILES string of the molecule is Cc1cn2c(CC(=O)NCC3(C(=O)O)CCC3)csc2n1. The molecule has 3 rings (SSSR count). The van der Waals surface area contributed by atoms with Gasteiger partial charge in [-0.15, -0.1) is 11.3 Å². The molecule has 7 heteroatoms. The smallest absolute Gasteiger partial charge is 0.311 e. The monoisotopic (exact) mass is 307 g/mol. The summed E-state index contributed by atoms with van der Waals surface area (Å²) >= 11 is 1.50. The van der Waals surface area contributed by atoms with Crippen LogP contribution in [0.5, 0.6) is 0 Å². The van der Waals surface area contributed by atoms with Gasteiger partial charge in [0.25, 0.3) is 0 Å². The molecule has 0 spiro atoms. The predicted molar refractivity (Wildman–Crippen MR) is 78.4 cm³/mol. The fourth-order valence-electron chi connectivity index (χ4n) is 2.63. The lowest BCUT2D eigenvalue weighted by Gasteiger charge is -2.37. The van der Waals surface area contributed by atoms with Gasteiger partial charge < -0.3 is 10.4 Å². The van der Waals surface area contributed by atoms with Crippen molar-refractivity contribution in [1.82, 2.24) is 14.7 Å². The molecule has 0 atom stereocenters. The second-order valence-electron chi connectivity index (χ2n) is 5.65. The van der Waals surface area contributed by atoms with Crippen LogP contribution in [0.25, 0.3) is 4.96 Å². The van der Waals surface area contributed by atoms with E-state index < -0.39 is 11.4 Å². The predicted octanol–water partition coefficient (Wildman–Crippen LogP) is 1.62. The number of thiazole rings is 1. The number of carbonyl (C=O) groups excluding carboxylic acids is 1. The summed E-state index contributed by atoms with van der Waals surface area (Å²) in [6.07, 6.45) is 4.35. The maximum absolute atomic E-state index is 12.0. The van der Waals surface area contributed by atoms with E-state index in [2.05, 4.69) is 10.3 Å². The molecule has 1 saturated carbocycles. The Morgan fingerprint density at radius 3 is 2.90 bits per heavy atom. The zero-order valence-electron chi connectivity index (χ0n) is 11.8. The molecule has 1 aliphatic carbocycles. The highest BCUT2D eigenvalue weighted by Gasteiger charge is 2.44. The van der Waals surface area contributed by atoms with E-state index in [9.17, 15) is 14.7 Å². The second kappa shape index (κ2) is 5.14. The quantitative estimate of drug-likeness (QED) is 0.879. The van der Waals surface area contributed by atoms with E-state index in [1.165, 1.54) is 11.3 Å². The van der Waals surface area contributed by atoms with Crippen LogP contribution in [0.1, 0.15) is 30.7 Å². The lowest BCUT2D eigenvalue weighted by atomic mass is 9.69. The van der Waals surface area contributed by atoms with Crippen molar-refractivity contribution in [3.8, 4) is 0 Å². The maximum atomic E-state index is 12.0. The molecule has 112 valence electrons. The molecule has 0 aliphatic heterocycles. The largest absolute Gasteiger partial charge is 0.481 e. The zero-order chi connectivity index (χ0) is 15.0. The molecule has 21 heavy (non-hydrogen) atoms. The van der Waals surface area contributed by atoms with Crippen LogP contribution in [0.2, 0.25) is 0 Å². The van der Waals surface area contributed by atoms with Crippen LogP contribution in [0.3, 0.4) is 0 Å². The summed E-state index contributed by atoms with van der Waals surface area (Å²) in [5.41, 5.74) is 1.06. The van der Waals surface area contributed by atoms with Gasteiger partial charge in [-0.25, -0.2) is 4.98 Å². The van der Waals surface area contributed by atoms with Gasteiger partial charge in [-0.1, -0.05) is 6.42 Å². The molecule has 0 bridgehead atoms. The van der Waals surface area contributed by atoms with E-state index in [1.807, 2.05) is 22.9 Å². The first-order valence-electron chi connectivity index (χ1n) is 6.92. The number of carboxylic acid groups (broad SMARTS) is 1. The zero-order valence-corrected chi connectivity index (χ0v) is 12.6. The van der Waals surface area contributed by atoms with E-state index >= 15 is 0 Å². The first-order valence-corrected chi connectivity index (χ1v) is 7.80. The van der Waals surface area contributed by atoms with E-state index in [-0.39, 0.29) is 18.9 Å². The molecule has 2 heterocycles. The van der Waals surface area contributed by atoms with E-state index in [1.54, 1.807) is 0 Å². The Hall–Kier alpha value is -1.89. The summed E-state index contributed by atoms with van der Waals surface area (Å²) in [6, 6.07) is 0. The van der Waals surface area contributed by atoms with Gasteiger partial charge in [-0.2, -0.15) is 0 Å². The molecule has 1 amide bonds. The highest BCUT2D eigenvalue weighted by atomic mass is 32.1. The molecule has 0 unspecified atom stereocenters. The van der Waals surface area contributed by atoms with E-state index in [0.717, 1.165) is 22.8 Å². The normalized spacial score (nSPS) is 16.6. The van der Waals surface area contributed by atoms with Gasteiger partial charge >= 0.3 is 5.97 Å². The highest BCUT2D eigenvalue weighted by molar-refractivity contribution is 7.15. The number of aliphatic carboxylic acids is 1. The number of hydrogen-bond donors (Lipinski definition) is 2. The van der Waals surface area contributed by atoms with Crippen LogP contribution in [0, 0.1) is 12.3 Å². The topological polar surface area (TPSA) is 83.7 Å². The Bertz CT molecular complexity index is 699. The minimum Gasteiger partial charge on any atom is -0.481 e. The first kappa shape index (κ1) is 14.1. The lowest BCUT2D eigenvalue weighted by molar-refractivity contribution is -0.154. The summed E-state index contributed by atoms with van der Waals surface area (Å²) in [7, 11) is 0. The van der Waals surface area contributed by atoms with Crippen molar-refractivity contribution in [2.24, 2.45) is 5.41 Å². The van der Waals surface area contributed by atoms with Crippen molar-refractivity contribution >= 4 is 28.2 Å². The summed E-state index contributed by atoms with van der Waals surface area (Å²) in [5.74, 6) is -0.953. The summed E-state index contributed by atoms with van der Waals surface area (Å²) in [6.45, 7) is 2.13. The Kier molecular flexibility index (Phi) is 3.44. The number of hydrogen-bond acceptors (Lipinski definition) is 4. The van der Waals surface area contributed by atoms with E-state index in [0.29, 0.717) is 12.8 Å². The second-order valence-corrected chi connectivity index (χ2v) is 6.49. The van der Waals surface area contributed by atoms with Gasteiger partial charge in [-0.05, 0) is 19.8 Å². The maximum Gasteiger partial charge on any atom is 0.311 e. The van der Waals surface area contributed by atoms with Gasteiger partial charge in [0.1, 0.15) is 0 Å². The van der Waals surface area contributed by atoms with Gasteiger partial charge in [0, 0.05) is 23.8 Å². The van der Waals surface area contributed by atoms with Crippen LogP contribution >= 0.6 is 11.3 Å². The first-order chi connectivity index (χ1) is 10.00. The minimum atomic E-state index is -0.808. The van der Waals surface area contributed by atoms with Gasteiger partial charge in [0.2, 0.25) is 5.91 Å². The Labute approximate surface area is 125 Å². The number of rotatable bonds is 5. The lowest BCUT2D eigenvalue weighted by Crippen LogP contribution is -2.47. The van der Waals surface area contributed by atoms with Crippen LogP contribution < -0.4 is 5.32 Å². The molecule has 2 aromatic rings. The number of nitrogens with zero attached hydrogens (tertiary/aromatic N) is 2. The standard InChI is InChI=1S/C14H17N3O3S/c1-9-6-17-10(7-21-13(17)16-9)5-11(18)15-8-14(12(19)20)3-2-4-14/h6-7H,2-5,8H2,1H3,(H,15,18)(H,19,20). The third kappa shape index (κ3) is 2.53. The van der Waals surface area contributed by atoms with Gasteiger partial charge in [-0.3, -0.25) is 14.0 Å². The van der Waals surface area contributed by atoms with Crippen molar-refractivity contribution in [1.29, 1.82) is 0 Å². The molecular weight excluding hydrogens is 290 g/mol. The Balaban J connectivity index is 1.63. The number of aryl methyl sites for hydroxylation is 1. The number of nitrogens with one attached hydrogen (secondary N) is 1. The van der Waals surface area contributed by atoms with Crippen molar-refractivity contribution in [2.75, 3.05) is 6.54 Å². The number of carbonyl (C=O) groups is 2. The van der Waals surface area contributed by atoms with Gasteiger partial charge in [0.15, 0.2) is 4.96 Å². The van der Waals surface area contributed by atoms with Gasteiger partial charge in [0.05, 0.1) is 17.5 Å². The molecule has 0 radical (unpaired) electrons. The third-order valence-electron chi connectivity index (χ3n) is 4.13.